The van der Waals surface area contributed by atoms with Gasteiger partial charge in [0.25, 0.3) is 10.0 Å². The fourth-order valence-electron chi connectivity index (χ4n) is 2.75. The van der Waals surface area contributed by atoms with Crippen LogP contribution >= 0.6 is 0 Å². The maximum Gasteiger partial charge on any atom is 0.264 e. The van der Waals surface area contributed by atoms with Crippen molar-refractivity contribution in [3.63, 3.8) is 0 Å². The maximum atomic E-state index is 12.7. The van der Waals surface area contributed by atoms with Crippen LogP contribution in [0.4, 0.5) is 5.88 Å². The third kappa shape index (κ3) is 2.94. The smallest absolute Gasteiger partial charge is 0.264 e. The molecule has 2 aromatic rings. The largest absolute Gasteiger partial charge is 0.422 e. The summed E-state index contributed by atoms with van der Waals surface area (Å²) in [5, 5.41) is 9.14. The van der Waals surface area contributed by atoms with E-state index >= 15 is 0 Å². The quantitative estimate of drug-likeness (QED) is 0.928. The Labute approximate surface area is 135 Å². The summed E-state index contributed by atoms with van der Waals surface area (Å²) in [6, 6.07) is 5.50. The summed E-state index contributed by atoms with van der Waals surface area (Å²) in [6.45, 7) is 5.40. The number of nitrogens with zero attached hydrogens (tertiary/aromatic N) is 2. The van der Waals surface area contributed by atoms with Gasteiger partial charge in [-0.3, -0.25) is 0 Å². The summed E-state index contributed by atoms with van der Waals surface area (Å²) >= 11 is 0. The Morgan fingerprint density at radius 2 is 1.87 bits per heavy atom. The second-order valence-electron chi connectivity index (χ2n) is 5.95. The molecule has 1 aromatic carbocycles. The third-order valence-electron chi connectivity index (χ3n) is 3.78. The average molecular weight is 331 g/mol. The summed E-state index contributed by atoms with van der Waals surface area (Å²) in [5.74, 6) is 0.522. The molecule has 1 saturated carbocycles. The molecule has 0 spiro atoms. The van der Waals surface area contributed by atoms with Crippen LogP contribution in [0.2, 0.25) is 0 Å². The second-order valence-corrected chi connectivity index (χ2v) is 7.57. The molecule has 6 nitrogen and oxygen atoms in total. The van der Waals surface area contributed by atoms with Gasteiger partial charge in [-0.25, -0.2) is 18.1 Å². The molecule has 1 aliphatic rings. The van der Waals surface area contributed by atoms with Crippen LogP contribution in [0.15, 0.2) is 21.4 Å². The van der Waals surface area contributed by atoms with Crippen LogP contribution in [0, 0.1) is 32.1 Å². The van der Waals surface area contributed by atoms with E-state index in [1.54, 1.807) is 13.8 Å². The predicted octanol–water partition coefficient (Wildman–Crippen LogP) is 3.15. The lowest BCUT2D eigenvalue weighted by Gasteiger charge is -2.12. The second kappa shape index (κ2) is 5.39. The molecule has 0 saturated heterocycles. The predicted molar refractivity (Wildman–Crippen MR) is 84.7 cm³/mol. The minimum atomic E-state index is -3.85. The van der Waals surface area contributed by atoms with Gasteiger partial charge in [-0.1, -0.05) is 17.7 Å². The molecule has 0 radical (unpaired) electrons. The lowest BCUT2D eigenvalue weighted by molar-refractivity contribution is 0.511. The van der Waals surface area contributed by atoms with Crippen molar-refractivity contribution in [2.45, 2.75) is 44.4 Å². The van der Waals surface area contributed by atoms with Crippen LogP contribution in [0.3, 0.4) is 0 Å². The zero-order chi connectivity index (χ0) is 16.8. The normalized spacial score (nSPS) is 14.5. The molecular weight excluding hydrogens is 314 g/mol. The van der Waals surface area contributed by atoms with E-state index in [-0.39, 0.29) is 22.4 Å². The Bertz CT molecular complexity index is 896. The van der Waals surface area contributed by atoms with Crippen LogP contribution in [0.25, 0.3) is 0 Å². The van der Waals surface area contributed by atoms with E-state index in [4.69, 9.17) is 9.68 Å². The topological polar surface area (TPSA) is 96.0 Å². The van der Waals surface area contributed by atoms with Crippen LogP contribution in [-0.4, -0.2) is 13.4 Å². The Balaban J connectivity index is 2.01. The lowest BCUT2D eigenvalue weighted by atomic mass is 10.1. The highest BCUT2D eigenvalue weighted by Gasteiger charge is 2.32. The molecule has 1 aromatic heterocycles. The van der Waals surface area contributed by atoms with Crippen molar-refractivity contribution in [3.8, 4) is 6.07 Å². The monoisotopic (exact) mass is 331 g/mol. The van der Waals surface area contributed by atoms with Gasteiger partial charge in [0.15, 0.2) is 0 Å². The molecule has 0 aliphatic heterocycles. The molecule has 3 rings (SSSR count). The molecule has 23 heavy (non-hydrogen) atoms. The fraction of sp³-hybridized carbons (Fsp3) is 0.375. The zero-order valence-electron chi connectivity index (χ0n) is 13.2. The highest BCUT2D eigenvalue weighted by atomic mass is 32.2. The van der Waals surface area contributed by atoms with Crippen molar-refractivity contribution in [1.82, 2.24) is 4.98 Å². The van der Waals surface area contributed by atoms with Crippen LogP contribution in [-0.2, 0) is 10.0 Å². The molecule has 0 unspecified atom stereocenters. The van der Waals surface area contributed by atoms with E-state index in [9.17, 15) is 8.42 Å². The molecular formula is C16H17N3O3S. The highest BCUT2D eigenvalue weighted by molar-refractivity contribution is 7.92. The van der Waals surface area contributed by atoms with Crippen LogP contribution < -0.4 is 4.72 Å². The first kappa shape index (κ1) is 15.6. The van der Waals surface area contributed by atoms with Crippen molar-refractivity contribution in [2.24, 2.45) is 0 Å². The Morgan fingerprint density at radius 1 is 1.26 bits per heavy atom. The standard InChI is InChI=1S/C16H17N3O3S/c1-9-6-10(2)14(11(3)7-9)23(20,21)19-16-13(8-17)18-15(22-16)12-4-5-12/h6-7,12,19H,4-5H2,1-3H3. The van der Waals surface area contributed by atoms with Gasteiger partial charge >= 0.3 is 0 Å². The molecule has 0 amide bonds. The Morgan fingerprint density at radius 3 is 2.39 bits per heavy atom. The first-order chi connectivity index (χ1) is 10.8. The van der Waals surface area contributed by atoms with Gasteiger partial charge < -0.3 is 4.42 Å². The SMILES string of the molecule is Cc1cc(C)c(S(=O)(=O)Nc2oc(C3CC3)nc2C#N)c(C)c1. The van der Waals surface area contributed by atoms with Crippen molar-refractivity contribution in [2.75, 3.05) is 4.72 Å². The number of hydrogen-bond donors (Lipinski definition) is 1. The molecule has 1 aliphatic carbocycles. The minimum absolute atomic E-state index is 0.0297. The van der Waals surface area contributed by atoms with E-state index in [1.165, 1.54) is 0 Å². The van der Waals surface area contributed by atoms with Crippen LogP contribution in [0.5, 0.6) is 0 Å². The summed E-state index contributed by atoms with van der Waals surface area (Å²) < 4.78 is 33.3. The number of oxazole rings is 1. The number of nitriles is 1. The minimum Gasteiger partial charge on any atom is -0.422 e. The van der Waals surface area contributed by atoms with Crippen molar-refractivity contribution < 1.29 is 12.8 Å². The van der Waals surface area contributed by atoms with Gasteiger partial charge in [-0.05, 0) is 44.7 Å². The van der Waals surface area contributed by atoms with Gasteiger partial charge in [0.1, 0.15) is 6.07 Å². The summed E-state index contributed by atoms with van der Waals surface area (Å²) in [5.41, 5.74) is 2.26. The number of aryl methyl sites for hydroxylation is 3. The van der Waals surface area contributed by atoms with E-state index in [2.05, 4.69) is 9.71 Å². The molecule has 7 heteroatoms. The molecule has 120 valence electrons. The Hall–Kier alpha value is -2.33. The number of hydrogen-bond acceptors (Lipinski definition) is 5. The summed E-state index contributed by atoms with van der Waals surface area (Å²) in [4.78, 5) is 4.28. The van der Waals surface area contributed by atoms with Crippen molar-refractivity contribution in [1.29, 1.82) is 5.26 Å². The number of aromatic nitrogens is 1. The van der Waals surface area contributed by atoms with Gasteiger partial charge in [0, 0.05) is 5.92 Å². The van der Waals surface area contributed by atoms with Gasteiger partial charge in [-0.15, -0.1) is 0 Å². The van der Waals surface area contributed by atoms with Gasteiger partial charge in [-0.2, -0.15) is 5.26 Å². The van der Waals surface area contributed by atoms with Crippen molar-refractivity contribution in [3.05, 3.63) is 40.4 Å². The zero-order valence-corrected chi connectivity index (χ0v) is 14.0. The van der Waals surface area contributed by atoms with Gasteiger partial charge in [0.05, 0.1) is 4.90 Å². The molecule has 1 heterocycles. The van der Waals surface area contributed by atoms with Crippen LogP contribution in [0.1, 0.15) is 47.0 Å². The third-order valence-corrected chi connectivity index (χ3v) is 5.41. The highest BCUT2D eigenvalue weighted by Crippen LogP contribution is 2.41. The van der Waals surface area contributed by atoms with Crippen molar-refractivity contribution >= 4 is 15.9 Å². The van der Waals surface area contributed by atoms with E-state index in [0.717, 1.165) is 18.4 Å². The number of benzene rings is 1. The first-order valence-corrected chi connectivity index (χ1v) is 8.81. The molecule has 1 N–H and O–H groups in total. The molecule has 1 fully saturated rings. The van der Waals surface area contributed by atoms with E-state index in [1.807, 2.05) is 25.1 Å². The number of nitrogens with one attached hydrogen (secondary N) is 1. The number of anilines is 1. The Kier molecular flexibility index (Phi) is 3.65. The number of rotatable bonds is 4. The van der Waals surface area contributed by atoms with E-state index < -0.39 is 10.0 Å². The first-order valence-electron chi connectivity index (χ1n) is 7.33. The molecule has 0 atom stereocenters. The summed E-state index contributed by atoms with van der Waals surface area (Å²) in [7, 11) is -3.85. The summed E-state index contributed by atoms with van der Waals surface area (Å²) in [6.07, 6.45) is 1.90. The van der Waals surface area contributed by atoms with E-state index in [0.29, 0.717) is 17.0 Å². The van der Waals surface area contributed by atoms with Gasteiger partial charge in [0.2, 0.25) is 17.5 Å². The average Bonchev–Trinajstić information content (AvgIpc) is 3.19. The molecule has 0 bridgehead atoms. The lowest BCUT2D eigenvalue weighted by Crippen LogP contribution is -2.16. The maximum absolute atomic E-state index is 12.7. The number of sulfonamides is 1. The fourth-order valence-corrected chi connectivity index (χ4v) is 4.20.